The molecule has 3 aromatic rings. The van der Waals surface area contributed by atoms with E-state index in [9.17, 15) is 18.0 Å². The smallest absolute Gasteiger partial charge is 0.262 e. The molecule has 180 valence electrons. The van der Waals surface area contributed by atoms with Gasteiger partial charge in [-0.25, -0.2) is 13.4 Å². The van der Waals surface area contributed by atoms with Gasteiger partial charge in [0.2, 0.25) is 15.9 Å². The number of sulfonamides is 1. The molecule has 1 aromatic carbocycles. The van der Waals surface area contributed by atoms with Gasteiger partial charge in [0.25, 0.3) is 5.56 Å². The van der Waals surface area contributed by atoms with E-state index in [1.165, 1.54) is 32.2 Å². The summed E-state index contributed by atoms with van der Waals surface area (Å²) in [5.74, 6) is 0.238. The summed E-state index contributed by atoms with van der Waals surface area (Å²) in [4.78, 5) is 32.4. The number of anilines is 1. The Morgan fingerprint density at radius 3 is 2.65 bits per heavy atom. The maximum atomic E-state index is 13.1. The molecule has 5 rings (SSSR count). The molecule has 1 amide bonds. The number of fused-ring (bicyclic) bond motifs is 3. The number of carbonyl (C=O) groups is 1. The Morgan fingerprint density at radius 2 is 1.91 bits per heavy atom. The highest BCUT2D eigenvalue weighted by molar-refractivity contribution is 7.89. The number of hydrogen-bond donors (Lipinski definition) is 1. The highest BCUT2D eigenvalue weighted by Gasteiger charge is 2.26. The molecule has 34 heavy (non-hydrogen) atoms. The molecular formula is C24H28N4O4S2. The fraction of sp³-hybridized carbons (Fsp3) is 0.458. The Bertz CT molecular complexity index is 1390. The van der Waals surface area contributed by atoms with Gasteiger partial charge in [0, 0.05) is 23.7 Å². The van der Waals surface area contributed by atoms with Crippen molar-refractivity contribution < 1.29 is 13.2 Å². The molecule has 0 spiro atoms. The number of benzene rings is 1. The molecular weight excluding hydrogens is 472 g/mol. The lowest BCUT2D eigenvalue weighted by molar-refractivity contribution is -0.116. The summed E-state index contributed by atoms with van der Waals surface area (Å²) in [5.41, 5.74) is 1.39. The van der Waals surface area contributed by atoms with Gasteiger partial charge < -0.3 is 5.32 Å². The van der Waals surface area contributed by atoms with Gasteiger partial charge in [-0.2, -0.15) is 4.31 Å². The summed E-state index contributed by atoms with van der Waals surface area (Å²) >= 11 is 1.58. The average molecular weight is 501 g/mol. The highest BCUT2D eigenvalue weighted by Crippen LogP contribution is 2.35. The Labute approximate surface area is 202 Å². The van der Waals surface area contributed by atoms with Crippen LogP contribution < -0.4 is 10.9 Å². The zero-order chi connectivity index (χ0) is 23.9. The van der Waals surface area contributed by atoms with Crippen molar-refractivity contribution in [1.82, 2.24) is 13.9 Å². The summed E-state index contributed by atoms with van der Waals surface area (Å²) in [6.07, 6.45) is 7.13. The quantitative estimate of drug-likeness (QED) is 0.579. The number of aromatic nitrogens is 2. The number of aryl methyl sites for hydroxylation is 1. The summed E-state index contributed by atoms with van der Waals surface area (Å²) in [5, 5.41) is 3.40. The van der Waals surface area contributed by atoms with Gasteiger partial charge in [-0.05, 0) is 67.9 Å². The lowest BCUT2D eigenvalue weighted by Gasteiger charge is -2.25. The zero-order valence-corrected chi connectivity index (χ0v) is 20.8. The summed E-state index contributed by atoms with van der Waals surface area (Å²) in [6, 6.07) is 6.18. The van der Waals surface area contributed by atoms with Gasteiger partial charge in [0.05, 0.1) is 16.6 Å². The average Bonchev–Trinajstić information content (AvgIpc) is 3.20. The number of thiophene rings is 1. The molecule has 1 fully saturated rings. The topological polar surface area (TPSA) is 101 Å². The van der Waals surface area contributed by atoms with Crippen LogP contribution in [0.15, 0.2) is 40.3 Å². The first kappa shape index (κ1) is 23.2. The van der Waals surface area contributed by atoms with Gasteiger partial charge in [0.1, 0.15) is 11.4 Å². The van der Waals surface area contributed by atoms with Crippen molar-refractivity contribution in [3.63, 3.8) is 0 Å². The first-order valence-corrected chi connectivity index (χ1v) is 14.0. The maximum Gasteiger partial charge on any atom is 0.262 e. The minimum atomic E-state index is -3.52. The van der Waals surface area contributed by atoms with Crippen LogP contribution in [-0.4, -0.2) is 41.3 Å². The van der Waals surface area contributed by atoms with Gasteiger partial charge >= 0.3 is 0 Å². The molecule has 2 aromatic heterocycles. The zero-order valence-electron chi connectivity index (χ0n) is 19.1. The normalized spacial score (nSPS) is 19.1. The number of piperidine rings is 1. The van der Waals surface area contributed by atoms with Crippen LogP contribution in [0.5, 0.6) is 0 Å². The molecule has 1 aliphatic heterocycles. The lowest BCUT2D eigenvalue weighted by Crippen LogP contribution is -2.35. The number of nitrogens with one attached hydrogen (secondary N) is 1. The number of rotatable bonds is 5. The van der Waals surface area contributed by atoms with Gasteiger partial charge in [-0.1, -0.05) is 13.3 Å². The van der Waals surface area contributed by atoms with Crippen molar-refractivity contribution in [2.75, 3.05) is 18.4 Å². The summed E-state index contributed by atoms with van der Waals surface area (Å²) in [6.45, 7) is 3.15. The van der Waals surface area contributed by atoms with Crippen molar-refractivity contribution in [2.24, 2.45) is 5.92 Å². The number of amides is 1. The molecule has 10 heteroatoms. The molecule has 1 saturated heterocycles. The van der Waals surface area contributed by atoms with E-state index < -0.39 is 10.0 Å². The third kappa shape index (κ3) is 4.42. The van der Waals surface area contributed by atoms with E-state index in [1.807, 2.05) is 0 Å². The molecule has 8 nitrogen and oxygen atoms in total. The van der Waals surface area contributed by atoms with E-state index in [2.05, 4.69) is 17.2 Å². The predicted octanol–water partition coefficient (Wildman–Crippen LogP) is 3.40. The van der Waals surface area contributed by atoms with Crippen LogP contribution in [-0.2, 0) is 34.2 Å². The predicted molar refractivity (Wildman–Crippen MR) is 133 cm³/mol. The standard InChI is InChI=1S/C24H28N4O4S2/c1-16-5-10-19-20(13-16)33-23-22(19)24(30)27(15-25-23)14-21(29)26-17-6-8-18(9-7-17)34(31,32)28-11-3-2-4-12-28/h6-9,15-16H,2-5,10-14H2,1H3,(H,26,29). The largest absolute Gasteiger partial charge is 0.325 e. The van der Waals surface area contributed by atoms with Crippen LogP contribution in [0.2, 0.25) is 0 Å². The van der Waals surface area contributed by atoms with Crippen molar-refractivity contribution >= 4 is 43.2 Å². The second-order valence-electron chi connectivity index (χ2n) is 9.25. The number of carbonyl (C=O) groups excluding carboxylic acids is 1. The summed E-state index contributed by atoms with van der Waals surface area (Å²) < 4.78 is 28.5. The Kier molecular flexibility index (Phi) is 6.30. The van der Waals surface area contributed by atoms with E-state index in [1.54, 1.807) is 23.5 Å². The van der Waals surface area contributed by atoms with Crippen LogP contribution in [0.25, 0.3) is 10.2 Å². The first-order valence-electron chi connectivity index (χ1n) is 11.7. The Hall–Kier alpha value is -2.56. The second-order valence-corrected chi connectivity index (χ2v) is 12.3. The van der Waals surface area contributed by atoms with E-state index in [-0.39, 0.29) is 22.9 Å². The molecule has 1 aliphatic carbocycles. The van der Waals surface area contributed by atoms with Gasteiger partial charge in [-0.3, -0.25) is 14.2 Å². The second kappa shape index (κ2) is 9.24. The maximum absolute atomic E-state index is 13.1. The van der Waals surface area contributed by atoms with Crippen LogP contribution in [0.1, 0.15) is 43.0 Å². The SMILES string of the molecule is CC1CCc2c(sc3ncn(CC(=O)Nc4ccc(S(=O)(=O)N5CCCCC5)cc4)c(=O)c23)C1. The molecule has 0 radical (unpaired) electrons. The molecule has 1 atom stereocenters. The van der Waals surface area contributed by atoms with Crippen LogP contribution >= 0.6 is 11.3 Å². The van der Waals surface area contributed by atoms with Gasteiger partial charge in [-0.15, -0.1) is 11.3 Å². The monoisotopic (exact) mass is 500 g/mol. The molecule has 1 N–H and O–H groups in total. The Balaban J connectivity index is 1.30. The molecule has 3 heterocycles. The lowest BCUT2D eigenvalue weighted by atomic mass is 9.89. The third-order valence-electron chi connectivity index (χ3n) is 6.69. The van der Waals surface area contributed by atoms with Crippen LogP contribution in [0.3, 0.4) is 0 Å². The third-order valence-corrected chi connectivity index (χ3v) is 9.76. The molecule has 0 bridgehead atoms. The van der Waals surface area contributed by atoms with Crippen LogP contribution in [0.4, 0.5) is 5.69 Å². The van der Waals surface area contributed by atoms with Crippen molar-refractivity contribution in [2.45, 2.75) is 56.9 Å². The van der Waals surface area contributed by atoms with E-state index in [0.717, 1.165) is 48.9 Å². The fourth-order valence-corrected chi connectivity index (χ4v) is 7.66. The van der Waals surface area contributed by atoms with Crippen molar-refractivity contribution in [1.29, 1.82) is 0 Å². The molecule has 0 saturated carbocycles. The fourth-order valence-electron chi connectivity index (χ4n) is 4.80. The van der Waals surface area contributed by atoms with E-state index in [0.29, 0.717) is 30.1 Å². The van der Waals surface area contributed by atoms with E-state index >= 15 is 0 Å². The van der Waals surface area contributed by atoms with Crippen LogP contribution in [0, 0.1) is 5.92 Å². The summed E-state index contributed by atoms with van der Waals surface area (Å²) in [7, 11) is -3.52. The number of nitrogens with zero attached hydrogens (tertiary/aromatic N) is 3. The van der Waals surface area contributed by atoms with Crippen molar-refractivity contribution in [3.8, 4) is 0 Å². The highest BCUT2D eigenvalue weighted by atomic mass is 32.2. The minimum Gasteiger partial charge on any atom is -0.325 e. The Morgan fingerprint density at radius 1 is 1.18 bits per heavy atom. The van der Waals surface area contributed by atoms with Crippen molar-refractivity contribution in [3.05, 3.63) is 51.4 Å². The minimum absolute atomic E-state index is 0.156. The number of hydrogen-bond acceptors (Lipinski definition) is 6. The first-order chi connectivity index (χ1) is 16.3. The molecule has 1 unspecified atom stereocenters. The molecule has 2 aliphatic rings. The van der Waals surface area contributed by atoms with E-state index in [4.69, 9.17) is 0 Å². The van der Waals surface area contributed by atoms with Gasteiger partial charge in [0.15, 0.2) is 0 Å².